The molecule has 204 valence electrons. The summed E-state index contributed by atoms with van der Waals surface area (Å²) in [6, 6.07) is 14.3. The van der Waals surface area contributed by atoms with Gasteiger partial charge in [-0.1, -0.05) is 31.2 Å². The van der Waals surface area contributed by atoms with Crippen LogP contribution >= 0.6 is 0 Å². The van der Waals surface area contributed by atoms with Crippen LogP contribution in [0.2, 0.25) is 0 Å². The van der Waals surface area contributed by atoms with Gasteiger partial charge >= 0.3 is 6.01 Å². The largest absolute Gasteiger partial charge is 0.462 e. The summed E-state index contributed by atoms with van der Waals surface area (Å²) in [4.78, 5) is 17.0. The molecule has 9 heteroatoms. The fourth-order valence-electron chi connectivity index (χ4n) is 6.38. The maximum absolute atomic E-state index is 14.5. The van der Waals surface area contributed by atoms with Crippen LogP contribution in [-0.4, -0.2) is 72.8 Å². The zero-order valence-electron chi connectivity index (χ0n) is 22.6. The van der Waals surface area contributed by atoms with Crippen LogP contribution in [0.1, 0.15) is 37.4 Å². The van der Waals surface area contributed by atoms with Gasteiger partial charge in [0.05, 0.1) is 24.7 Å². The highest BCUT2D eigenvalue weighted by atomic mass is 19.1. The normalized spacial score (nSPS) is 21.7. The fourth-order valence-corrected chi connectivity index (χ4v) is 6.38. The van der Waals surface area contributed by atoms with Gasteiger partial charge in [0.2, 0.25) is 0 Å². The van der Waals surface area contributed by atoms with Crippen LogP contribution in [0.3, 0.4) is 0 Å². The first kappa shape index (κ1) is 25.8. The van der Waals surface area contributed by atoms with E-state index in [0.29, 0.717) is 37.0 Å². The van der Waals surface area contributed by atoms with Crippen LogP contribution < -0.4 is 19.9 Å². The summed E-state index contributed by atoms with van der Waals surface area (Å²) >= 11 is 0. The smallest absolute Gasteiger partial charge is 0.318 e. The lowest BCUT2D eigenvalue weighted by atomic mass is 10.0. The standard InChI is InChI=1S/C30H36FN7O/c1-2-36-15-5-6-22(36)20-39-30-34-27-19-37(28-10-9-26(31)23-7-3-4-8-24(23)28)16-12-25(27)29(35-30)38-17-14-33-21(18-38)11-13-32/h3-4,7-10,21-22,33H,2,5-6,11-12,14-20H2,1H3. The van der Waals surface area contributed by atoms with Crippen LogP contribution in [0.4, 0.5) is 15.9 Å². The molecule has 4 heterocycles. The number of hydrogen-bond donors (Lipinski definition) is 1. The number of fused-ring (bicyclic) bond motifs is 2. The van der Waals surface area contributed by atoms with Crippen molar-refractivity contribution in [1.29, 1.82) is 5.26 Å². The van der Waals surface area contributed by atoms with Crippen molar-refractivity contribution in [2.75, 3.05) is 55.7 Å². The molecule has 2 atom stereocenters. The van der Waals surface area contributed by atoms with Crippen LogP contribution in [0, 0.1) is 17.1 Å². The van der Waals surface area contributed by atoms with Crippen LogP contribution in [0.25, 0.3) is 10.8 Å². The Hall–Kier alpha value is -3.48. The van der Waals surface area contributed by atoms with E-state index in [9.17, 15) is 9.65 Å². The first-order valence-electron chi connectivity index (χ1n) is 14.2. The third-order valence-electron chi connectivity index (χ3n) is 8.41. The van der Waals surface area contributed by atoms with Crippen molar-refractivity contribution in [3.05, 3.63) is 53.5 Å². The summed E-state index contributed by atoms with van der Waals surface area (Å²) in [7, 11) is 0. The lowest BCUT2D eigenvalue weighted by Crippen LogP contribution is -2.51. The number of nitriles is 1. The van der Waals surface area contributed by atoms with Crippen molar-refractivity contribution in [2.45, 2.75) is 51.2 Å². The number of aromatic nitrogens is 2. The van der Waals surface area contributed by atoms with Crippen molar-refractivity contribution in [3.8, 4) is 12.1 Å². The van der Waals surface area contributed by atoms with Gasteiger partial charge in [-0.15, -0.1) is 0 Å². The van der Waals surface area contributed by atoms with Crippen LogP contribution in [0.15, 0.2) is 36.4 Å². The quantitative estimate of drug-likeness (QED) is 0.494. The zero-order valence-corrected chi connectivity index (χ0v) is 22.6. The van der Waals surface area contributed by atoms with E-state index in [4.69, 9.17) is 14.7 Å². The topological polar surface area (TPSA) is 80.5 Å². The number of likely N-dealkylation sites (N-methyl/N-ethyl adjacent to an activating group) is 1. The second kappa shape index (κ2) is 11.3. The predicted molar refractivity (Wildman–Crippen MR) is 151 cm³/mol. The average Bonchev–Trinajstić information content (AvgIpc) is 3.44. The fraction of sp³-hybridized carbons (Fsp3) is 0.500. The molecule has 0 bridgehead atoms. The highest BCUT2D eigenvalue weighted by molar-refractivity contribution is 5.94. The average molecular weight is 530 g/mol. The Morgan fingerprint density at radius 1 is 1.10 bits per heavy atom. The number of rotatable bonds is 7. The van der Waals surface area contributed by atoms with E-state index in [1.54, 1.807) is 6.07 Å². The van der Waals surface area contributed by atoms with Crippen molar-refractivity contribution >= 4 is 22.3 Å². The number of nitrogens with one attached hydrogen (secondary N) is 1. The predicted octanol–water partition coefficient (Wildman–Crippen LogP) is 3.89. The van der Waals surface area contributed by atoms with Crippen molar-refractivity contribution in [3.63, 3.8) is 0 Å². The number of likely N-dealkylation sites (tertiary alicyclic amines) is 1. The Kier molecular flexibility index (Phi) is 7.49. The Morgan fingerprint density at radius 3 is 2.82 bits per heavy atom. The van der Waals surface area contributed by atoms with E-state index in [2.05, 4.69) is 33.0 Å². The Balaban J connectivity index is 1.32. The lowest BCUT2D eigenvalue weighted by molar-refractivity contribution is 0.170. The number of hydrogen-bond acceptors (Lipinski definition) is 8. The van der Waals surface area contributed by atoms with E-state index >= 15 is 0 Å². The van der Waals surface area contributed by atoms with Crippen molar-refractivity contribution in [2.24, 2.45) is 0 Å². The third-order valence-corrected chi connectivity index (χ3v) is 8.41. The number of anilines is 2. The minimum atomic E-state index is -0.203. The molecule has 3 aromatic rings. The van der Waals surface area contributed by atoms with Gasteiger partial charge in [0.25, 0.3) is 0 Å². The molecule has 2 aromatic carbocycles. The Morgan fingerprint density at radius 2 is 1.97 bits per heavy atom. The van der Waals surface area contributed by atoms with Crippen molar-refractivity contribution < 1.29 is 9.13 Å². The highest BCUT2D eigenvalue weighted by Crippen LogP contribution is 2.35. The molecule has 0 spiro atoms. The van der Waals surface area contributed by atoms with Gasteiger partial charge in [-0.05, 0) is 44.5 Å². The maximum Gasteiger partial charge on any atom is 0.318 e. The number of benzene rings is 2. The first-order chi connectivity index (χ1) is 19.1. The molecule has 2 unspecified atom stereocenters. The minimum Gasteiger partial charge on any atom is -0.462 e. The molecule has 2 saturated heterocycles. The van der Waals surface area contributed by atoms with Gasteiger partial charge in [0.15, 0.2) is 0 Å². The summed E-state index contributed by atoms with van der Waals surface area (Å²) in [5, 5.41) is 14.3. The van der Waals surface area contributed by atoms with Gasteiger partial charge in [0.1, 0.15) is 18.2 Å². The molecular weight excluding hydrogens is 493 g/mol. The molecule has 39 heavy (non-hydrogen) atoms. The summed E-state index contributed by atoms with van der Waals surface area (Å²) in [6.45, 7) is 8.67. The first-order valence-corrected chi connectivity index (χ1v) is 14.2. The summed E-state index contributed by atoms with van der Waals surface area (Å²) in [5.74, 6) is 0.729. The molecule has 1 aromatic heterocycles. The lowest BCUT2D eigenvalue weighted by Gasteiger charge is -2.37. The van der Waals surface area contributed by atoms with E-state index in [1.807, 2.05) is 30.3 Å². The summed E-state index contributed by atoms with van der Waals surface area (Å²) in [6.07, 6.45) is 3.58. The molecule has 0 aliphatic carbocycles. The van der Waals surface area contributed by atoms with Crippen LogP contribution in [0.5, 0.6) is 6.01 Å². The molecule has 3 aliphatic heterocycles. The third kappa shape index (κ3) is 5.23. The highest BCUT2D eigenvalue weighted by Gasteiger charge is 2.30. The Labute approximate surface area is 229 Å². The van der Waals surface area contributed by atoms with Gasteiger partial charge in [-0.25, -0.2) is 4.39 Å². The van der Waals surface area contributed by atoms with Crippen LogP contribution in [-0.2, 0) is 13.0 Å². The minimum absolute atomic E-state index is 0.112. The van der Waals surface area contributed by atoms with E-state index in [-0.39, 0.29) is 11.9 Å². The number of halogens is 1. The second-order valence-corrected chi connectivity index (χ2v) is 10.7. The Bertz CT molecular complexity index is 1380. The summed E-state index contributed by atoms with van der Waals surface area (Å²) in [5.41, 5.74) is 3.13. The molecule has 6 rings (SSSR count). The van der Waals surface area contributed by atoms with Gasteiger partial charge in [-0.2, -0.15) is 15.2 Å². The summed E-state index contributed by atoms with van der Waals surface area (Å²) < 4.78 is 20.8. The van der Waals surface area contributed by atoms with E-state index in [1.165, 1.54) is 6.42 Å². The molecule has 3 aliphatic rings. The molecule has 1 N–H and O–H groups in total. The van der Waals surface area contributed by atoms with Gasteiger partial charge in [-0.3, -0.25) is 4.90 Å². The van der Waals surface area contributed by atoms with Crippen molar-refractivity contribution in [1.82, 2.24) is 20.2 Å². The molecule has 0 amide bonds. The van der Waals surface area contributed by atoms with Gasteiger partial charge in [0, 0.05) is 60.3 Å². The molecule has 8 nitrogen and oxygen atoms in total. The molecule has 0 saturated carbocycles. The monoisotopic (exact) mass is 529 g/mol. The molecular formula is C30H36FN7O. The number of piperazine rings is 1. The van der Waals surface area contributed by atoms with E-state index < -0.39 is 0 Å². The molecule has 0 radical (unpaired) electrons. The second-order valence-electron chi connectivity index (χ2n) is 10.7. The number of ether oxygens (including phenoxy) is 1. The SMILES string of the molecule is CCN1CCCC1COc1nc2c(c(N3CCNC(CC#N)C3)n1)CCN(c1ccc(F)c3ccccc13)C2. The van der Waals surface area contributed by atoms with Gasteiger partial charge < -0.3 is 19.9 Å². The maximum atomic E-state index is 14.5. The van der Waals surface area contributed by atoms with E-state index in [0.717, 1.165) is 80.3 Å². The molecule has 2 fully saturated rings. The zero-order chi connectivity index (χ0) is 26.8. The number of nitrogens with zero attached hydrogens (tertiary/aromatic N) is 6.